The number of ketones is 2. The van der Waals surface area contributed by atoms with Gasteiger partial charge in [-0.15, -0.1) is 0 Å². The number of Topliss-reactive ketones (excluding diaryl/α,β-unsaturated/α-hetero) is 2. The molecule has 0 unspecified atom stereocenters. The van der Waals surface area contributed by atoms with Gasteiger partial charge in [0.05, 0.1) is 52.7 Å². The van der Waals surface area contributed by atoms with Crippen molar-refractivity contribution in [2.45, 2.75) is 51.6 Å². The molecule has 0 N–H and O–H groups in total. The molecule has 258 valence electrons. The Morgan fingerprint density at radius 1 is 0.780 bits per heavy atom. The molecule has 0 saturated carbocycles. The summed E-state index contributed by atoms with van der Waals surface area (Å²) in [5.74, 6) is 0.727. The number of hydrogen-bond donors (Lipinski definition) is 0. The Hall–Kier alpha value is -5.19. The van der Waals surface area contributed by atoms with Crippen LogP contribution in [0, 0.1) is 6.92 Å². The number of fused-ring (bicyclic) bond motifs is 6. The number of allylic oxidation sites excluding steroid dienone is 2. The van der Waals surface area contributed by atoms with Gasteiger partial charge < -0.3 is 28.6 Å². The summed E-state index contributed by atoms with van der Waals surface area (Å²) < 4.78 is 30.6. The Labute approximate surface area is 291 Å². The average molecular weight is 677 g/mol. The van der Waals surface area contributed by atoms with Crippen molar-refractivity contribution in [3.05, 3.63) is 117 Å². The van der Waals surface area contributed by atoms with Crippen molar-refractivity contribution < 1.29 is 38.1 Å². The van der Waals surface area contributed by atoms with E-state index in [0.717, 1.165) is 11.1 Å². The van der Waals surface area contributed by atoms with Crippen LogP contribution in [-0.4, -0.2) is 74.3 Å². The molecule has 0 aromatic heterocycles. The topological polar surface area (TPSA) is 104 Å². The molecule has 3 aliphatic heterocycles. The monoisotopic (exact) mass is 676 g/mol. The number of methoxy groups -OCH3 is 3. The van der Waals surface area contributed by atoms with Crippen LogP contribution in [0.4, 0.5) is 0 Å². The van der Waals surface area contributed by atoms with Gasteiger partial charge in [-0.25, -0.2) is 0 Å². The van der Waals surface area contributed by atoms with Crippen molar-refractivity contribution in [1.29, 1.82) is 0 Å². The first-order valence-corrected chi connectivity index (χ1v) is 16.6. The highest BCUT2D eigenvalue weighted by molar-refractivity contribution is 6.25. The Morgan fingerprint density at radius 2 is 1.42 bits per heavy atom. The third-order valence-electron chi connectivity index (χ3n) is 10.2. The van der Waals surface area contributed by atoms with Crippen LogP contribution in [-0.2, 0) is 37.1 Å². The van der Waals surface area contributed by atoms with Crippen molar-refractivity contribution in [3.8, 4) is 17.2 Å². The first-order valence-electron chi connectivity index (χ1n) is 16.6. The van der Waals surface area contributed by atoms with E-state index in [1.165, 1.54) is 7.11 Å². The molecule has 10 heteroatoms. The summed E-state index contributed by atoms with van der Waals surface area (Å²) in [4.78, 5) is 46.2. The summed E-state index contributed by atoms with van der Waals surface area (Å²) in [6, 6.07) is 17.6. The SMILES string of the molecule is COC1=C(C)C(=O)C2=C(C1=O)[C@@H]1C3=Cc4c(OC)c(C)c(OC)c(OCc5ccccc5)c4[C@H](COCc4ccccc4)N3C(=O)[C@H](C2)N1C. The van der Waals surface area contributed by atoms with Crippen LogP contribution in [0.5, 0.6) is 17.2 Å². The molecular weight excluding hydrogens is 636 g/mol. The maximum atomic E-state index is 14.8. The highest BCUT2D eigenvalue weighted by Gasteiger charge is 2.56. The number of rotatable bonds is 10. The van der Waals surface area contributed by atoms with E-state index in [1.807, 2.05) is 85.6 Å². The number of nitrogens with zero attached hydrogens (tertiary/aromatic N) is 2. The number of benzene rings is 3. The molecule has 3 aromatic rings. The van der Waals surface area contributed by atoms with Gasteiger partial charge >= 0.3 is 0 Å². The second-order valence-corrected chi connectivity index (χ2v) is 12.9. The van der Waals surface area contributed by atoms with Gasteiger partial charge in [0.25, 0.3) is 0 Å². The van der Waals surface area contributed by atoms with Crippen LogP contribution in [0.15, 0.2) is 88.8 Å². The minimum absolute atomic E-state index is 0.0263. The molecule has 1 fully saturated rings. The molecule has 10 nitrogen and oxygen atoms in total. The summed E-state index contributed by atoms with van der Waals surface area (Å²) in [6.07, 6.45) is 2.00. The molecule has 0 spiro atoms. The second kappa shape index (κ2) is 13.3. The van der Waals surface area contributed by atoms with Gasteiger partial charge in [-0.2, -0.15) is 0 Å². The average Bonchev–Trinajstić information content (AvgIpc) is 3.12. The van der Waals surface area contributed by atoms with Gasteiger partial charge in [0.15, 0.2) is 23.0 Å². The van der Waals surface area contributed by atoms with Crippen molar-refractivity contribution in [3.63, 3.8) is 0 Å². The molecule has 0 radical (unpaired) electrons. The van der Waals surface area contributed by atoms with Gasteiger partial charge in [0, 0.05) is 45.5 Å². The predicted octanol–water partition coefficient (Wildman–Crippen LogP) is 5.49. The maximum absolute atomic E-state index is 14.8. The maximum Gasteiger partial charge on any atom is 0.245 e. The summed E-state index contributed by atoms with van der Waals surface area (Å²) in [5, 5.41) is 0. The number of likely N-dealkylation sites (N-methyl/N-ethyl adjacent to an activating group) is 1. The third-order valence-corrected chi connectivity index (χ3v) is 10.2. The van der Waals surface area contributed by atoms with Crippen LogP contribution in [0.25, 0.3) is 6.08 Å². The van der Waals surface area contributed by atoms with Crippen LogP contribution in [0.2, 0.25) is 0 Å². The van der Waals surface area contributed by atoms with Gasteiger partial charge in [0.2, 0.25) is 11.7 Å². The number of ether oxygens (including phenoxy) is 5. The molecule has 7 rings (SSSR count). The Kier molecular flexibility index (Phi) is 8.84. The lowest BCUT2D eigenvalue weighted by molar-refractivity contribution is -0.145. The minimum Gasteiger partial charge on any atom is -0.496 e. The normalized spacial score (nSPS) is 21.4. The van der Waals surface area contributed by atoms with Gasteiger partial charge in [-0.3, -0.25) is 19.3 Å². The van der Waals surface area contributed by atoms with Crippen molar-refractivity contribution >= 4 is 23.5 Å². The molecule has 1 aliphatic carbocycles. The Bertz CT molecular complexity index is 1980. The summed E-state index contributed by atoms with van der Waals surface area (Å²) in [7, 11) is 6.40. The molecule has 3 atom stereocenters. The minimum atomic E-state index is -0.707. The van der Waals surface area contributed by atoms with E-state index in [2.05, 4.69) is 0 Å². The largest absolute Gasteiger partial charge is 0.496 e. The number of hydrogen-bond acceptors (Lipinski definition) is 9. The Balaban J connectivity index is 1.44. The van der Waals surface area contributed by atoms with E-state index in [4.69, 9.17) is 23.7 Å². The molecule has 1 saturated heterocycles. The number of amides is 1. The van der Waals surface area contributed by atoms with E-state index in [0.29, 0.717) is 57.4 Å². The van der Waals surface area contributed by atoms with Gasteiger partial charge in [-0.1, -0.05) is 60.7 Å². The fraction of sp³-hybridized carbons (Fsp3) is 0.325. The number of piperazine rings is 1. The fourth-order valence-corrected chi connectivity index (χ4v) is 7.86. The Morgan fingerprint density at radius 3 is 2.04 bits per heavy atom. The number of carbonyl (C=O) groups is 3. The first-order chi connectivity index (χ1) is 24.2. The van der Waals surface area contributed by atoms with Crippen molar-refractivity contribution in [1.82, 2.24) is 9.80 Å². The lowest BCUT2D eigenvalue weighted by atomic mass is 9.73. The van der Waals surface area contributed by atoms with Crippen LogP contribution in [0.1, 0.15) is 47.2 Å². The zero-order valence-electron chi connectivity index (χ0n) is 29.1. The van der Waals surface area contributed by atoms with Gasteiger partial charge in [0.1, 0.15) is 12.4 Å². The van der Waals surface area contributed by atoms with Crippen LogP contribution < -0.4 is 14.2 Å². The molecule has 50 heavy (non-hydrogen) atoms. The molecular formula is C40H40N2O8. The molecule has 3 aromatic carbocycles. The van der Waals surface area contributed by atoms with Crippen LogP contribution >= 0.6 is 0 Å². The van der Waals surface area contributed by atoms with Crippen LogP contribution in [0.3, 0.4) is 0 Å². The zero-order chi connectivity index (χ0) is 35.3. The summed E-state index contributed by atoms with van der Waals surface area (Å²) >= 11 is 0. The lowest BCUT2D eigenvalue weighted by Crippen LogP contribution is -2.64. The quantitative estimate of drug-likeness (QED) is 0.258. The fourth-order valence-electron chi connectivity index (χ4n) is 7.86. The molecule has 4 aliphatic rings. The zero-order valence-corrected chi connectivity index (χ0v) is 29.1. The highest BCUT2D eigenvalue weighted by atomic mass is 16.5. The van der Waals surface area contributed by atoms with E-state index in [-0.39, 0.29) is 48.4 Å². The van der Waals surface area contributed by atoms with Gasteiger partial charge in [-0.05, 0) is 38.1 Å². The molecule has 3 heterocycles. The van der Waals surface area contributed by atoms with Crippen molar-refractivity contribution in [2.24, 2.45) is 0 Å². The van der Waals surface area contributed by atoms with E-state index >= 15 is 0 Å². The smallest absolute Gasteiger partial charge is 0.245 e. The summed E-state index contributed by atoms with van der Waals surface area (Å²) in [5.41, 5.74) is 5.53. The number of carbonyl (C=O) groups excluding carboxylic acids is 3. The van der Waals surface area contributed by atoms with Crippen molar-refractivity contribution in [2.75, 3.05) is 35.0 Å². The highest BCUT2D eigenvalue weighted by Crippen LogP contribution is 2.55. The first kappa shape index (κ1) is 33.3. The molecule has 2 bridgehead atoms. The summed E-state index contributed by atoms with van der Waals surface area (Å²) in [6.45, 7) is 4.16. The second-order valence-electron chi connectivity index (χ2n) is 12.9. The van der Waals surface area contributed by atoms with E-state index in [9.17, 15) is 14.4 Å². The predicted molar refractivity (Wildman–Crippen MR) is 185 cm³/mol. The molecule has 1 amide bonds. The van der Waals surface area contributed by atoms with E-state index in [1.54, 1.807) is 26.0 Å². The lowest BCUT2D eigenvalue weighted by Gasteiger charge is -2.54. The third kappa shape index (κ3) is 5.21. The standard InChI is InChI=1S/C40H40N2O8/c1-22-34(43)26-17-29-40(45)42-28(33(41(29)3)32(26)35(44)37(22)47-5)18-27-31(30(42)21-49-19-24-13-9-7-10-14-24)39(38(48-6)23(2)36(27)46-4)50-20-25-15-11-8-12-16-25/h7-16,18,29-30,33H,17,19-21H2,1-6H3/t29-,30-,33-/m0/s1. The van der Waals surface area contributed by atoms with E-state index < -0.39 is 18.1 Å².